The molecule has 0 fully saturated rings. The first-order chi connectivity index (χ1) is 10.0. The normalized spacial score (nSPS) is 12.4. The van der Waals surface area contributed by atoms with Crippen molar-refractivity contribution in [3.05, 3.63) is 52.2 Å². The molecule has 21 heavy (non-hydrogen) atoms. The summed E-state index contributed by atoms with van der Waals surface area (Å²) < 4.78 is 12.9. The molecule has 1 atom stereocenters. The van der Waals surface area contributed by atoms with Crippen LogP contribution in [-0.2, 0) is 11.2 Å². The first-order valence-corrected chi connectivity index (χ1v) is 7.85. The van der Waals surface area contributed by atoms with E-state index in [0.29, 0.717) is 5.92 Å². The maximum Gasteiger partial charge on any atom is 0.224 e. The van der Waals surface area contributed by atoms with Crippen molar-refractivity contribution in [2.24, 2.45) is 5.92 Å². The molecule has 0 spiro atoms. The van der Waals surface area contributed by atoms with Crippen LogP contribution in [0.1, 0.15) is 36.9 Å². The Kier molecular flexibility index (Phi) is 5.44. The molecule has 1 N–H and O–H groups in total. The number of hydrogen-bond acceptors (Lipinski definition) is 3. The highest BCUT2D eigenvalue weighted by Gasteiger charge is 2.18. The van der Waals surface area contributed by atoms with Gasteiger partial charge in [0.2, 0.25) is 5.91 Å². The van der Waals surface area contributed by atoms with Crippen molar-refractivity contribution in [2.75, 3.05) is 0 Å². The largest absolute Gasteiger partial charge is 0.347 e. The molecule has 3 nitrogen and oxygen atoms in total. The molecule has 1 unspecified atom stereocenters. The fourth-order valence-electron chi connectivity index (χ4n) is 2.13. The van der Waals surface area contributed by atoms with Gasteiger partial charge in [0.15, 0.2) is 0 Å². The number of benzene rings is 1. The van der Waals surface area contributed by atoms with Crippen LogP contribution in [0.4, 0.5) is 4.39 Å². The number of hydrogen-bond donors (Lipinski definition) is 1. The standard InChI is InChI=1S/C16H19FN2OS/c1-11(2)9-14(16-18-7-8-21-16)19-15(20)10-12-3-5-13(17)6-4-12/h3-8,11,14H,9-10H2,1-2H3,(H,19,20). The van der Waals surface area contributed by atoms with Crippen LogP contribution in [0.3, 0.4) is 0 Å². The summed E-state index contributed by atoms with van der Waals surface area (Å²) in [6, 6.07) is 5.95. The zero-order valence-corrected chi connectivity index (χ0v) is 13.0. The maximum atomic E-state index is 12.9. The SMILES string of the molecule is CC(C)CC(NC(=O)Cc1ccc(F)cc1)c1nccs1. The summed E-state index contributed by atoms with van der Waals surface area (Å²) in [6.07, 6.45) is 2.85. The average molecular weight is 306 g/mol. The summed E-state index contributed by atoms with van der Waals surface area (Å²) in [6.45, 7) is 4.24. The van der Waals surface area contributed by atoms with Crippen molar-refractivity contribution in [1.82, 2.24) is 10.3 Å². The summed E-state index contributed by atoms with van der Waals surface area (Å²) in [7, 11) is 0. The van der Waals surface area contributed by atoms with E-state index in [2.05, 4.69) is 24.1 Å². The van der Waals surface area contributed by atoms with Crippen LogP contribution in [0.15, 0.2) is 35.8 Å². The van der Waals surface area contributed by atoms with Gasteiger partial charge in [-0.2, -0.15) is 0 Å². The maximum absolute atomic E-state index is 12.9. The number of thiazole rings is 1. The minimum atomic E-state index is -0.292. The molecule has 0 aliphatic heterocycles. The zero-order valence-electron chi connectivity index (χ0n) is 12.2. The van der Waals surface area contributed by atoms with E-state index in [1.807, 2.05) is 5.38 Å². The molecular weight excluding hydrogens is 287 g/mol. The van der Waals surface area contributed by atoms with Crippen LogP contribution in [0.5, 0.6) is 0 Å². The monoisotopic (exact) mass is 306 g/mol. The van der Waals surface area contributed by atoms with Gasteiger partial charge in [0.25, 0.3) is 0 Å². The van der Waals surface area contributed by atoms with Crippen molar-refractivity contribution in [2.45, 2.75) is 32.7 Å². The van der Waals surface area contributed by atoms with Crippen LogP contribution < -0.4 is 5.32 Å². The third-order valence-electron chi connectivity index (χ3n) is 3.07. The van der Waals surface area contributed by atoms with E-state index in [-0.39, 0.29) is 24.2 Å². The van der Waals surface area contributed by atoms with Crippen LogP contribution in [0.2, 0.25) is 0 Å². The summed E-state index contributed by atoms with van der Waals surface area (Å²) in [5.41, 5.74) is 0.802. The number of carbonyl (C=O) groups is 1. The Morgan fingerprint density at radius 2 is 2.05 bits per heavy atom. The predicted molar refractivity (Wildman–Crippen MR) is 82.6 cm³/mol. The van der Waals surface area contributed by atoms with Crippen LogP contribution in [0, 0.1) is 11.7 Å². The lowest BCUT2D eigenvalue weighted by atomic mass is 10.0. The second kappa shape index (κ2) is 7.31. The van der Waals surface area contributed by atoms with E-state index in [0.717, 1.165) is 17.0 Å². The fraction of sp³-hybridized carbons (Fsp3) is 0.375. The van der Waals surface area contributed by atoms with Crippen molar-refractivity contribution in [3.63, 3.8) is 0 Å². The fourth-order valence-corrected chi connectivity index (χ4v) is 2.83. The summed E-state index contributed by atoms with van der Waals surface area (Å²) in [4.78, 5) is 16.5. The van der Waals surface area contributed by atoms with Crippen molar-refractivity contribution in [1.29, 1.82) is 0 Å². The average Bonchev–Trinajstić information content (AvgIpc) is 2.94. The molecule has 0 radical (unpaired) electrons. The van der Waals surface area contributed by atoms with Crippen molar-refractivity contribution in [3.8, 4) is 0 Å². The number of carbonyl (C=O) groups excluding carboxylic acids is 1. The van der Waals surface area contributed by atoms with Crippen molar-refractivity contribution >= 4 is 17.2 Å². The van der Waals surface area contributed by atoms with Gasteiger partial charge in [0.05, 0.1) is 12.5 Å². The number of amides is 1. The predicted octanol–water partition coefficient (Wildman–Crippen LogP) is 3.73. The summed E-state index contributed by atoms with van der Waals surface area (Å²) in [5, 5.41) is 5.87. The number of halogens is 1. The molecule has 1 aromatic carbocycles. The molecule has 0 aliphatic rings. The Morgan fingerprint density at radius 1 is 1.33 bits per heavy atom. The first-order valence-electron chi connectivity index (χ1n) is 6.98. The van der Waals surface area contributed by atoms with Gasteiger partial charge >= 0.3 is 0 Å². The van der Waals surface area contributed by atoms with Crippen LogP contribution in [0.25, 0.3) is 0 Å². The van der Waals surface area contributed by atoms with Gasteiger partial charge in [-0.1, -0.05) is 26.0 Å². The molecule has 112 valence electrons. The molecule has 5 heteroatoms. The molecule has 1 aromatic heterocycles. The third kappa shape index (κ3) is 4.93. The van der Waals surface area contributed by atoms with E-state index in [1.54, 1.807) is 29.7 Å². The molecule has 2 aromatic rings. The highest BCUT2D eigenvalue weighted by atomic mass is 32.1. The Bertz CT molecular complexity index is 566. The molecule has 2 rings (SSSR count). The third-order valence-corrected chi connectivity index (χ3v) is 3.96. The van der Waals surface area contributed by atoms with Crippen LogP contribution in [-0.4, -0.2) is 10.9 Å². The second-order valence-electron chi connectivity index (χ2n) is 5.42. The van der Waals surface area contributed by atoms with Gasteiger partial charge in [-0.25, -0.2) is 9.37 Å². The minimum absolute atomic E-state index is 0.0575. The Balaban J connectivity index is 1.99. The smallest absolute Gasteiger partial charge is 0.224 e. The lowest BCUT2D eigenvalue weighted by Gasteiger charge is -2.18. The molecular formula is C16H19FN2OS. The molecule has 1 heterocycles. The molecule has 0 saturated heterocycles. The number of rotatable bonds is 6. The Labute approximate surface area is 128 Å². The van der Waals surface area contributed by atoms with E-state index >= 15 is 0 Å². The summed E-state index contributed by atoms with van der Waals surface area (Å²) >= 11 is 1.55. The Morgan fingerprint density at radius 3 is 2.62 bits per heavy atom. The van der Waals surface area contributed by atoms with Gasteiger partial charge in [-0.15, -0.1) is 11.3 Å². The minimum Gasteiger partial charge on any atom is -0.347 e. The number of nitrogens with one attached hydrogen (secondary N) is 1. The van der Waals surface area contributed by atoms with Gasteiger partial charge in [0, 0.05) is 11.6 Å². The number of nitrogens with zero attached hydrogens (tertiary/aromatic N) is 1. The van der Waals surface area contributed by atoms with Gasteiger partial charge in [0.1, 0.15) is 10.8 Å². The van der Waals surface area contributed by atoms with Gasteiger partial charge in [-0.3, -0.25) is 4.79 Å². The van der Waals surface area contributed by atoms with E-state index in [1.165, 1.54) is 12.1 Å². The lowest BCUT2D eigenvalue weighted by molar-refractivity contribution is -0.121. The zero-order chi connectivity index (χ0) is 15.2. The summed E-state index contributed by atoms with van der Waals surface area (Å²) in [5.74, 6) is 0.104. The Hall–Kier alpha value is -1.75. The highest BCUT2D eigenvalue weighted by Crippen LogP contribution is 2.23. The van der Waals surface area contributed by atoms with Crippen LogP contribution >= 0.6 is 11.3 Å². The topological polar surface area (TPSA) is 42.0 Å². The molecule has 0 aliphatic carbocycles. The first kappa shape index (κ1) is 15.6. The molecule has 0 bridgehead atoms. The lowest BCUT2D eigenvalue weighted by Crippen LogP contribution is -2.30. The molecule has 0 saturated carbocycles. The molecule has 1 amide bonds. The number of aromatic nitrogens is 1. The van der Waals surface area contributed by atoms with E-state index in [9.17, 15) is 9.18 Å². The van der Waals surface area contributed by atoms with Gasteiger partial charge in [-0.05, 0) is 30.0 Å². The second-order valence-corrected chi connectivity index (χ2v) is 6.35. The van der Waals surface area contributed by atoms with E-state index < -0.39 is 0 Å². The van der Waals surface area contributed by atoms with Gasteiger partial charge < -0.3 is 5.32 Å². The van der Waals surface area contributed by atoms with Crippen molar-refractivity contribution < 1.29 is 9.18 Å². The van der Waals surface area contributed by atoms with E-state index in [4.69, 9.17) is 0 Å². The highest BCUT2D eigenvalue weighted by molar-refractivity contribution is 7.09. The quantitative estimate of drug-likeness (QED) is 0.883.